The van der Waals surface area contributed by atoms with Crippen LogP contribution >= 0.6 is 0 Å². The monoisotopic (exact) mass is 627 g/mol. The van der Waals surface area contributed by atoms with Gasteiger partial charge in [-0.15, -0.1) is 13.2 Å². The molecule has 0 radical (unpaired) electrons. The van der Waals surface area contributed by atoms with E-state index in [0.29, 0.717) is 26.1 Å². The molecule has 1 N–H and O–H groups in total. The zero-order chi connectivity index (χ0) is 33.1. The molecule has 2 atom stereocenters. The maximum Gasteiger partial charge on any atom is 0.307 e. The zero-order valence-electron chi connectivity index (χ0n) is 27.1. The number of carbonyl (C=O) groups excluding carboxylic acids is 2. The Morgan fingerprint density at radius 2 is 1.85 bits per heavy atom. The van der Waals surface area contributed by atoms with E-state index in [0.717, 1.165) is 53.5 Å². The summed E-state index contributed by atoms with van der Waals surface area (Å²) < 4.78 is 19.7. The first kappa shape index (κ1) is 34.6. The van der Waals surface area contributed by atoms with Crippen molar-refractivity contribution in [2.45, 2.75) is 70.1 Å². The Bertz CT molecular complexity index is 1580. The Hall–Kier alpha value is -4.30. The molecule has 46 heavy (non-hydrogen) atoms. The molecule has 7 nitrogen and oxygen atoms in total. The Morgan fingerprint density at radius 3 is 2.57 bits per heavy atom. The summed E-state index contributed by atoms with van der Waals surface area (Å²) in [6.07, 6.45) is 9.27. The lowest BCUT2D eigenvalue weighted by atomic mass is 9.90. The summed E-state index contributed by atoms with van der Waals surface area (Å²) in [5.74, 6) is -0.865. The molecular weight excluding hydrogens is 581 g/mol. The van der Waals surface area contributed by atoms with Crippen LogP contribution in [0.5, 0.6) is 0 Å². The van der Waals surface area contributed by atoms with Crippen molar-refractivity contribution in [2.24, 2.45) is 0 Å². The molecule has 3 aromatic rings. The van der Waals surface area contributed by atoms with Crippen LogP contribution in [0.2, 0.25) is 0 Å². The van der Waals surface area contributed by atoms with Gasteiger partial charge >= 0.3 is 5.97 Å². The lowest BCUT2D eigenvalue weighted by molar-refractivity contribution is -0.141. The van der Waals surface area contributed by atoms with Gasteiger partial charge in [0.25, 0.3) is 5.56 Å². The van der Waals surface area contributed by atoms with Gasteiger partial charge in [-0.2, -0.15) is 0 Å². The number of halogens is 1. The topological polar surface area (TPSA) is 80.6 Å². The molecule has 4 rings (SSSR count). The van der Waals surface area contributed by atoms with Crippen LogP contribution < -0.4 is 10.9 Å². The molecule has 1 aliphatic heterocycles. The van der Waals surface area contributed by atoms with Crippen molar-refractivity contribution in [3.63, 3.8) is 0 Å². The third-order valence-corrected chi connectivity index (χ3v) is 8.61. The number of benzene rings is 2. The van der Waals surface area contributed by atoms with Crippen LogP contribution in [0.15, 0.2) is 90.9 Å². The number of hydrogen-bond acceptors (Lipinski definition) is 5. The third-order valence-electron chi connectivity index (χ3n) is 8.61. The van der Waals surface area contributed by atoms with E-state index < -0.39 is 30.1 Å². The fraction of sp³-hybridized carbons (Fsp3) is 0.395. The number of esters is 1. The number of pyridine rings is 1. The van der Waals surface area contributed by atoms with Crippen molar-refractivity contribution in [1.29, 1.82) is 0 Å². The molecular formula is C38H46FN3O4. The molecule has 244 valence electrons. The Balaban J connectivity index is 1.61. The van der Waals surface area contributed by atoms with E-state index in [-0.39, 0.29) is 18.4 Å². The molecule has 0 saturated carbocycles. The van der Waals surface area contributed by atoms with Crippen LogP contribution in [0.1, 0.15) is 66.4 Å². The molecule has 1 amide bonds. The quantitative estimate of drug-likeness (QED) is 0.106. The predicted molar refractivity (Wildman–Crippen MR) is 181 cm³/mol. The Labute approximate surface area is 271 Å². The highest BCUT2D eigenvalue weighted by atomic mass is 19.1. The number of amides is 1. The number of ether oxygens (including phenoxy) is 1. The van der Waals surface area contributed by atoms with Gasteiger partial charge in [0.1, 0.15) is 12.2 Å². The van der Waals surface area contributed by atoms with Crippen LogP contribution in [0.3, 0.4) is 0 Å². The van der Waals surface area contributed by atoms with Crippen molar-refractivity contribution in [3.05, 3.63) is 119 Å². The number of aromatic nitrogens is 1. The maximum absolute atomic E-state index is 13.9. The van der Waals surface area contributed by atoms with Crippen molar-refractivity contribution in [3.8, 4) is 11.1 Å². The number of unbranched alkanes of at least 4 members (excludes halogenated alkanes) is 2. The van der Waals surface area contributed by atoms with Crippen LogP contribution in [0, 0.1) is 6.92 Å². The Morgan fingerprint density at radius 1 is 1.07 bits per heavy atom. The van der Waals surface area contributed by atoms with Crippen molar-refractivity contribution in [1.82, 2.24) is 14.8 Å². The number of allylic oxidation sites excluding steroid dienone is 2. The first-order valence-corrected chi connectivity index (χ1v) is 16.1. The van der Waals surface area contributed by atoms with Gasteiger partial charge in [0.05, 0.1) is 19.6 Å². The predicted octanol–water partition coefficient (Wildman–Crippen LogP) is 6.46. The first-order chi connectivity index (χ1) is 22.2. The van der Waals surface area contributed by atoms with Gasteiger partial charge in [0.15, 0.2) is 0 Å². The molecule has 0 aliphatic carbocycles. The summed E-state index contributed by atoms with van der Waals surface area (Å²) in [6.45, 7) is 11.3. The van der Waals surface area contributed by atoms with E-state index >= 15 is 0 Å². The largest absolute Gasteiger partial charge is 0.469 e. The van der Waals surface area contributed by atoms with Crippen LogP contribution in [0.25, 0.3) is 11.1 Å². The molecule has 1 aliphatic rings. The summed E-state index contributed by atoms with van der Waals surface area (Å²) in [4.78, 5) is 41.5. The molecule has 8 heteroatoms. The second-order valence-electron chi connectivity index (χ2n) is 12.0. The number of nitrogens with one attached hydrogen (secondary N) is 1. The van der Waals surface area contributed by atoms with Crippen LogP contribution in [-0.2, 0) is 27.2 Å². The van der Waals surface area contributed by atoms with E-state index in [1.165, 1.54) is 23.3 Å². The summed E-state index contributed by atoms with van der Waals surface area (Å²) in [6, 6.07) is 15.9. The minimum Gasteiger partial charge on any atom is -0.469 e. The standard InChI is InChI=1S/C38H46FN3O4/c1-5-7-8-9-14-29-15-10-13-27(3)37(29)31-17-11-16-30(22-31)33(23-36(44)46-4)40-38(45)34(12-6-2)42-24-28(18-19-35(42)43)20-21-41-25-32(39)26-41/h5-6,10-11,13,15-19,22,24,32-34H,1-2,7-9,12,14,20-21,23,25-26H2,3-4H3,(H,40,45)/t33-,34-/m0/s1. The molecule has 0 spiro atoms. The number of hydrogen-bond donors (Lipinski definition) is 1. The van der Waals surface area contributed by atoms with Gasteiger partial charge in [-0.25, -0.2) is 4.39 Å². The first-order valence-electron chi connectivity index (χ1n) is 16.1. The van der Waals surface area contributed by atoms with Gasteiger partial charge in [0, 0.05) is 31.9 Å². The van der Waals surface area contributed by atoms with Gasteiger partial charge in [-0.3, -0.25) is 19.3 Å². The highest BCUT2D eigenvalue weighted by Gasteiger charge is 2.27. The fourth-order valence-corrected chi connectivity index (χ4v) is 6.06. The molecule has 0 unspecified atom stereocenters. The third kappa shape index (κ3) is 9.13. The van der Waals surface area contributed by atoms with E-state index in [9.17, 15) is 18.8 Å². The molecule has 1 aromatic heterocycles. The number of likely N-dealkylation sites (tertiary alicyclic amines) is 1. The average Bonchev–Trinajstić information content (AvgIpc) is 3.04. The van der Waals surface area contributed by atoms with Crippen molar-refractivity contribution in [2.75, 3.05) is 26.7 Å². The Kier molecular flexibility index (Phi) is 12.7. The number of carbonyl (C=O) groups is 2. The normalized spacial score (nSPS) is 14.6. The highest BCUT2D eigenvalue weighted by Crippen LogP contribution is 2.32. The maximum atomic E-state index is 13.9. The van der Waals surface area contributed by atoms with Crippen molar-refractivity contribution >= 4 is 11.9 Å². The van der Waals surface area contributed by atoms with E-state index in [4.69, 9.17) is 4.74 Å². The lowest BCUT2D eigenvalue weighted by Gasteiger charge is -2.34. The smallest absolute Gasteiger partial charge is 0.307 e. The highest BCUT2D eigenvalue weighted by molar-refractivity contribution is 5.82. The van der Waals surface area contributed by atoms with E-state index in [1.807, 2.05) is 29.2 Å². The lowest BCUT2D eigenvalue weighted by Crippen LogP contribution is -2.49. The van der Waals surface area contributed by atoms with Gasteiger partial charge in [0.2, 0.25) is 5.91 Å². The zero-order valence-corrected chi connectivity index (χ0v) is 27.1. The van der Waals surface area contributed by atoms with Gasteiger partial charge < -0.3 is 14.6 Å². The second-order valence-corrected chi connectivity index (χ2v) is 12.0. The summed E-state index contributed by atoms with van der Waals surface area (Å²) >= 11 is 0. The number of methoxy groups -OCH3 is 1. The van der Waals surface area contributed by atoms with Crippen LogP contribution in [-0.4, -0.2) is 54.3 Å². The molecule has 0 bridgehead atoms. The fourth-order valence-electron chi connectivity index (χ4n) is 6.06. The minimum absolute atomic E-state index is 0.0744. The van der Waals surface area contributed by atoms with Gasteiger partial charge in [-0.1, -0.05) is 54.6 Å². The average molecular weight is 628 g/mol. The SMILES string of the molecule is C=CCCCCc1cccc(C)c1-c1cccc([C@H](CC(=O)OC)NC(=O)[C@H](CC=C)n2cc(CCN3CC(F)C3)ccc2=O)c1. The molecule has 2 aromatic carbocycles. The number of alkyl halides is 1. The molecule has 1 fully saturated rings. The van der Waals surface area contributed by atoms with Gasteiger partial charge in [-0.05, 0) is 84.9 Å². The van der Waals surface area contributed by atoms with E-state index in [2.05, 4.69) is 49.7 Å². The van der Waals surface area contributed by atoms with Crippen LogP contribution in [0.4, 0.5) is 4.39 Å². The number of rotatable bonds is 17. The molecule has 1 saturated heterocycles. The van der Waals surface area contributed by atoms with E-state index in [1.54, 1.807) is 18.3 Å². The number of aryl methyl sites for hydroxylation is 2. The summed E-state index contributed by atoms with van der Waals surface area (Å²) in [5, 5.41) is 3.05. The summed E-state index contributed by atoms with van der Waals surface area (Å²) in [7, 11) is 1.32. The summed E-state index contributed by atoms with van der Waals surface area (Å²) in [5.41, 5.74) is 5.88. The minimum atomic E-state index is -0.869. The number of nitrogens with zero attached hydrogens (tertiary/aromatic N) is 2. The molecule has 2 heterocycles. The van der Waals surface area contributed by atoms with Crippen molar-refractivity contribution < 1.29 is 18.7 Å². The second kappa shape index (κ2) is 16.9.